The standard InChI is InChI=1S/C6H9N3O2.ClH/c1-9-3-4(2-7)5(10)8-6(9)11;/h3H,2,7H2,1H3,(H,8,10,11);1H. The Hall–Kier alpha value is -1.07. The monoisotopic (exact) mass is 191 g/mol. The Morgan fingerprint density at radius 1 is 1.58 bits per heavy atom. The van der Waals surface area contributed by atoms with Crippen LogP contribution < -0.4 is 17.0 Å². The Morgan fingerprint density at radius 3 is 2.67 bits per heavy atom. The summed E-state index contributed by atoms with van der Waals surface area (Å²) in [5.74, 6) is 0. The molecule has 0 aliphatic carbocycles. The van der Waals surface area contributed by atoms with Crippen molar-refractivity contribution < 1.29 is 0 Å². The minimum Gasteiger partial charge on any atom is -0.326 e. The third-order valence-corrected chi connectivity index (χ3v) is 1.40. The maximum absolute atomic E-state index is 10.9. The van der Waals surface area contributed by atoms with E-state index in [0.717, 1.165) is 0 Å². The largest absolute Gasteiger partial charge is 0.328 e. The lowest BCUT2D eigenvalue weighted by Crippen LogP contribution is -2.30. The maximum Gasteiger partial charge on any atom is 0.328 e. The molecule has 0 bridgehead atoms. The molecule has 0 fully saturated rings. The Morgan fingerprint density at radius 2 is 2.17 bits per heavy atom. The van der Waals surface area contributed by atoms with E-state index in [0.29, 0.717) is 5.56 Å². The lowest BCUT2D eigenvalue weighted by Gasteiger charge is -1.97. The van der Waals surface area contributed by atoms with E-state index in [-0.39, 0.29) is 19.0 Å². The van der Waals surface area contributed by atoms with Crippen LogP contribution in [0.25, 0.3) is 0 Å². The van der Waals surface area contributed by atoms with Crippen LogP contribution in [0.4, 0.5) is 0 Å². The van der Waals surface area contributed by atoms with Crippen LogP contribution in [0, 0.1) is 0 Å². The second-order valence-electron chi connectivity index (χ2n) is 2.23. The first-order valence-electron chi connectivity index (χ1n) is 3.14. The molecule has 0 spiro atoms. The van der Waals surface area contributed by atoms with Gasteiger partial charge in [-0.2, -0.15) is 0 Å². The highest BCUT2D eigenvalue weighted by atomic mass is 35.5. The summed E-state index contributed by atoms with van der Waals surface area (Å²) in [7, 11) is 1.55. The van der Waals surface area contributed by atoms with Crippen molar-refractivity contribution in [3.8, 4) is 0 Å². The lowest BCUT2D eigenvalue weighted by molar-refractivity contribution is 0.774. The summed E-state index contributed by atoms with van der Waals surface area (Å²) in [5, 5.41) is 0. The fourth-order valence-electron chi connectivity index (χ4n) is 0.762. The van der Waals surface area contributed by atoms with Crippen LogP contribution in [-0.4, -0.2) is 9.55 Å². The van der Waals surface area contributed by atoms with Crippen LogP contribution in [0.5, 0.6) is 0 Å². The van der Waals surface area contributed by atoms with E-state index in [4.69, 9.17) is 5.73 Å². The van der Waals surface area contributed by atoms with Crippen LogP contribution in [0.1, 0.15) is 5.56 Å². The predicted molar refractivity (Wildman–Crippen MR) is 47.4 cm³/mol. The van der Waals surface area contributed by atoms with Crippen molar-refractivity contribution >= 4 is 12.4 Å². The summed E-state index contributed by atoms with van der Waals surface area (Å²) in [6, 6.07) is 0. The van der Waals surface area contributed by atoms with Gasteiger partial charge in [-0.15, -0.1) is 12.4 Å². The number of rotatable bonds is 1. The summed E-state index contributed by atoms with van der Waals surface area (Å²) >= 11 is 0. The molecule has 12 heavy (non-hydrogen) atoms. The van der Waals surface area contributed by atoms with Crippen LogP contribution in [0.3, 0.4) is 0 Å². The molecule has 0 saturated heterocycles. The van der Waals surface area contributed by atoms with Gasteiger partial charge in [0.25, 0.3) is 5.56 Å². The third-order valence-electron chi connectivity index (χ3n) is 1.40. The number of nitrogens with zero attached hydrogens (tertiary/aromatic N) is 1. The number of nitrogens with one attached hydrogen (secondary N) is 1. The quantitative estimate of drug-likeness (QED) is 0.595. The molecule has 3 N–H and O–H groups in total. The topological polar surface area (TPSA) is 80.9 Å². The predicted octanol–water partition coefficient (Wildman–Crippen LogP) is -1.05. The molecule has 0 aliphatic rings. The van der Waals surface area contributed by atoms with Gasteiger partial charge >= 0.3 is 5.69 Å². The highest BCUT2D eigenvalue weighted by molar-refractivity contribution is 5.85. The third kappa shape index (κ3) is 1.96. The van der Waals surface area contributed by atoms with Crippen molar-refractivity contribution in [1.82, 2.24) is 9.55 Å². The molecule has 0 unspecified atom stereocenters. The van der Waals surface area contributed by atoms with Gasteiger partial charge in [0.2, 0.25) is 0 Å². The minimum absolute atomic E-state index is 0. The second kappa shape index (κ2) is 4.08. The molecule has 1 aromatic rings. The second-order valence-corrected chi connectivity index (χ2v) is 2.23. The SMILES string of the molecule is Cl.Cn1cc(CN)c(=O)[nH]c1=O. The molecule has 5 nitrogen and oxygen atoms in total. The van der Waals surface area contributed by atoms with E-state index in [1.807, 2.05) is 0 Å². The summed E-state index contributed by atoms with van der Waals surface area (Å²) in [4.78, 5) is 23.8. The highest BCUT2D eigenvalue weighted by Gasteiger charge is 1.98. The Bertz CT molecular complexity index is 368. The number of hydrogen-bond acceptors (Lipinski definition) is 3. The van der Waals surface area contributed by atoms with E-state index in [2.05, 4.69) is 4.98 Å². The van der Waals surface area contributed by atoms with E-state index in [1.54, 1.807) is 7.05 Å². The van der Waals surface area contributed by atoms with Crippen LogP contribution in [0.15, 0.2) is 15.8 Å². The molecule has 0 atom stereocenters. The van der Waals surface area contributed by atoms with Gasteiger partial charge < -0.3 is 10.3 Å². The smallest absolute Gasteiger partial charge is 0.326 e. The zero-order chi connectivity index (χ0) is 8.43. The summed E-state index contributed by atoms with van der Waals surface area (Å²) in [6.45, 7) is 0.142. The number of aromatic amines is 1. The number of hydrogen-bond donors (Lipinski definition) is 2. The molecule has 68 valence electrons. The average Bonchev–Trinajstić information content (AvgIpc) is 1.97. The van der Waals surface area contributed by atoms with Crippen molar-refractivity contribution in [2.24, 2.45) is 12.8 Å². The van der Waals surface area contributed by atoms with Gasteiger partial charge in [-0.3, -0.25) is 9.78 Å². The van der Waals surface area contributed by atoms with Crippen molar-refractivity contribution in [2.45, 2.75) is 6.54 Å². The van der Waals surface area contributed by atoms with E-state index >= 15 is 0 Å². The van der Waals surface area contributed by atoms with Crippen LogP contribution in [0.2, 0.25) is 0 Å². The van der Waals surface area contributed by atoms with Crippen molar-refractivity contribution in [3.63, 3.8) is 0 Å². The van der Waals surface area contributed by atoms with Crippen LogP contribution in [-0.2, 0) is 13.6 Å². The Labute approximate surface area is 74.6 Å². The van der Waals surface area contributed by atoms with Gasteiger partial charge in [-0.05, 0) is 0 Å². The van der Waals surface area contributed by atoms with Crippen molar-refractivity contribution in [1.29, 1.82) is 0 Å². The Balaban J connectivity index is 0.00000121. The number of H-pyrrole nitrogens is 1. The molecule has 6 heteroatoms. The first-order valence-corrected chi connectivity index (χ1v) is 3.14. The van der Waals surface area contributed by atoms with E-state index < -0.39 is 11.2 Å². The number of halogens is 1. The minimum atomic E-state index is -0.424. The number of aromatic nitrogens is 2. The fraction of sp³-hybridized carbons (Fsp3) is 0.333. The Kier molecular flexibility index (Phi) is 3.72. The summed E-state index contributed by atoms with van der Waals surface area (Å²) < 4.78 is 1.28. The molecular formula is C6H10ClN3O2. The normalized spacial score (nSPS) is 9.17. The molecule has 0 saturated carbocycles. The first-order chi connectivity index (χ1) is 5.15. The zero-order valence-electron chi connectivity index (χ0n) is 6.53. The number of nitrogens with two attached hydrogens (primary N) is 1. The maximum atomic E-state index is 10.9. The van der Waals surface area contributed by atoms with Gasteiger partial charge in [-0.25, -0.2) is 4.79 Å². The molecule has 1 aromatic heterocycles. The fourth-order valence-corrected chi connectivity index (χ4v) is 0.762. The average molecular weight is 192 g/mol. The lowest BCUT2D eigenvalue weighted by atomic mass is 10.3. The number of aryl methyl sites for hydroxylation is 1. The molecule has 0 aliphatic heterocycles. The summed E-state index contributed by atoms with van der Waals surface area (Å²) in [5.41, 5.74) is 4.81. The zero-order valence-corrected chi connectivity index (χ0v) is 7.35. The molecule has 0 aromatic carbocycles. The first kappa shape index (κ1) is 10.9. The molecule has 0 amide bonds. The van der Waals surface area contributed by atoms with Crippen molar-refractivity contribution in [3.05, 3.63) is 32.6 Å². The van der Waals surface area contributed by atoms with Gasteiger partial charge in [0.15, 0.2) is 0 Å². The van der Waals surface area contributed by atoms with Gasteiger partial charge in [0.05, 0.1) is 0 Å². The summed E-state index contributed by atoms with van der Waals surface area (Å²) in [6.07, 6.45) is 1.43. The molecule has 1 rings (SSSR count). The van der Waals surface area contributed by atoms with Crippen LogP contribution >= 0.6 is 12.4 Å². The molecular weight excluding hydrogens is 182 g/mol. The van der Waals surface area contributed by atoms with Gasteiger partial charge in [-0.1, -0.05) is 0 Å². The van der Waals surface area contributed by atoms with Gasteiger partial charge in [0, 0.05) is 25.4 Å². The van der Waals surface area contributed by atoms with E-state index in [1.165, 1.54) is 10.8 Å². The van der Waals surface area contributed by atoms with Gasteiger partial charge in [0.1, 0.15) is 0 Å². The van der Waals surface area contributed by atoms with E-state index in [9.17, 15) is 9.59 Å². The highest BCUT2D eigenvalue weighted by Crippen LogP contribution is 1.80. The molecule has 0 radical (unpaired) electrons. The van der Waals surface area contributed by atoms with Crippen molar-refractivity contribution in [2.75, 3.05) is 0 Å². The molecule has 1 heterocycles.